The predicted octanol–water partition coefficient (Wildman–Crippen LogP) is 6.93. The molecule has 3 nitrogen and oxygen atoms in total. The van der Waals surface area contributed by atoms with Gasteiger partial charge in [-0.2, -0.15) is 0 Å². The standard InChI is InChI=1S/C31H37ClN2O/c1-6-14-33(22(5)7-2)20-23-8-9-25-16-26(11-10-24(25)15-23)31(35)30-18-27-17-28(32)12-13-29(27)34(30)19-21(3)4/h6,8-9,12-13,15,17,26,30H,1,3,5,7,10-11,14,16,18-20H2,2,4H3. The van der Waals surface area contributed by atoms with Crippen molar-refractivity contribution in [3.63, 3.8) is 0 Å². The molecule has 35 heavy (non-hydrogen) atoms. The molecule has 2 aliphatic rings. The lowest BCUT2D eigenvalue weighted by atomic mass is 9.79. The molecule has 0 amide bonds. The Hall–Kier alpha value is -2.78. The second-order valence-electron chi connectivity index (χ2n) is 10.1. The lowest BCUT2D eigenvalue weighted by molar-refractivity contribution is -0.124. The molecule has 0 bridgehead atoms. The summed E-state index contributed by atoms with van der Waals surface area (Å²) in [6.07, 6.45) is 6.26. The molecule has 0 saturated carbocycles. The zero-order chi connectivity index (χ0) is 25.1. The van der Waals surface area contributed by atoms with Gasteiger partial charge in [0.05, 0.1) is 6.04 Å². The van der Waals surface area contributed by atoms with Crippen LogP contribution in [0.3, 0.4) is 0 Å². The molecule has 4 heteroatoms. The maximum absolute atomic E-state index is 13.8. The van der Waals surface area contributed by atoms with Gasteiger partial charge in [0, 0.05) is 48.4 Å². The van der Waals surface area contributed by atoms with Crippen LogP contribution in [0.1, 0.15) is 48.9 Å². The van der Waals surface area contributed by atoms with Gasteiger partial charge >= 0.3 is 0 Å². The second kappa shape index (κ2) is 10.9. The number of halogens is 1. The molecule has 4 rings (SSSR count). The Kier molecular flexibility index (Phi) is 7.86. The number of hydrogen-bond donors (Lipinski definition) is 0. The summed E-state index contributed by atoms with van der Waals surface area (Å²) in [5, 5.41) is 0.726. The fraction of sp³-hybridized carbons (Fsp3) is 0.387. The molecule has 2 aromatic carbocycles. The molecule has 0 aromatic heterocycles. The van der Waals surface area contributed by atoms with E-state index in [9.17, 15) is 4.79 Å². The van der Waals surface area contributed by atoms with Crippen molar-refractivity contribution in [1.82, 2.24) is 4.90 Å². The molecule has 1 aliphatic carbocycles. The number of carbonyl (C=O) groups is 1. The number of ketones is 1. The van der Waals surface area contributed by atoms with E-state index in [0.29, 0.717) is 12.3 Å². The summed E-state index contributed by atoms with van der Waals surface area (Å²) < 4.78 is 0. The van der Waals surface area contributed by atoms with Crippen LogP contribution in [0.2, 0.25) is 5.02 Å². The first-order valence-corrected chi connectivity index (χ1v) is 13.1. The summed E-state index contributed by atoms with van der Waals surface area (Å²) in [6.45, 7) is 18.7. The summed E-state index contributed by atoms with van der Waals surface area (Å²) in [7, 11) is 0. The number of anilines is 1. The summed E-state index contributed by atoms with van der Waals surface area (Å²) in [5.41, 5.74) is 8.46. The molecule has 1 aliphatic heterocycles. The van der Waals surface area contributed by atoms with Crippen molar-refractivity contribution >= 4 is 23.1 Å². The van der Waals surface area contributed by atoms with E-state index in [1.54, 1.807) is 0 Å². The fourth-order valence-electron chi connectivity index (χ4n) is 5.55. The van der Waals surface area contributed by atoms with Crippen molar-refractivity contribution in [2.75, 3.05) is 18.0 Å². The molecule has 0 saturated heterocycles. The van der Waals surface area contributed by atoms with Gasteiger partial charge in [-0.3, -0.25) is 4.79 Å². The Balaban J connectivity index is 1.49. The van der Waals surface area contributed by atoms with Gasteiger partial charge in [-0.15, -0.1) is 6.58 Å². The predicted molar refractivity (Wildman–Crippen MR) is 148 cm³/mol. The van der Waals surface area contributed by atoms with Crippen LogP contribution in [0.4, 0.5) is 5.69 Å². The molecular formula is C31H37ClN2O. The van der Waals surface area contributed by atoms with Crippen LogP contribution >= 0.6 is 11.6 Å². The van der Waals surface area contributed by atoms with Crippen LogP contribution in [0.5, 0.6) is 0 Å². The van der Waals surface area contributed by atoms with E-state index in [0.717, 1.165) is 72.7 Å². The number of hydrogen-bond acceptors (Lipinski definition) is 3. The Morgan fingerprint density at radius 1 is 1.14 bits per heavy atom. The number of benzene rings is 2. The summed E-state index contributed by atoms with van der Waals surface area (Å²) in [6, 6.07) is 12.6. The third-order valence-electron chi connectivity index (χ3n) is 7.39. The third kappa shape index (κ3) is 5.56. The minimum Gasteiger partial charge on any atom is -0.367 e. The SMILES string of the molecule is C=CCN(Cc1ccc2c(c1)CCC(C(=O)C1Cc3cc(Cl)ccc3N1CC(=C)C)C2)C(=C)CC. The van der Waals surface area contributed by atoms with Crippen molar-refractivity contribution in [3.8, 4) is 0 Å². The van der Waals surface area contributed by atoms with Crippen molar-refractivity contribution < 1.29 is 4.79 Å². The van der Waals surface area contributed by atoms with Gasteiger partial charge < -0.3 is 9.80 Å². The number of aryl methyl sites for hydroxylation is 1. The maximum Gasteiger partial charge on any atom is 0.158 e. The Morgan fingerprint density at radius 3 is 2.66 bits per heavy atom. The topological polar surface area (TPSA) is 23.6 Å². The van der Waals surface area contributed by atoms with Crippen LogP contribution in [-0.2, 0) is 30.6 Å². The monoisotopic (exact) mass is 488 g/mol. The molecule has 0 radical (unpaired) electrons. The first-order valence-electron chi connectivity index (χ1n) is 12.7. The van der Waals surface area contributed by atoms with E-state index in [4.69, 9.17) is 11.6 Å². The maximum atomic E-state index is 13.8. The van der Waals surface area contributed by atoms with Crippen LogP contribution in [0.15, 0.2) is 73.5 Å². The summed E-state index contributed by atoms with van der Waals surface area (Å²) >= 11 is 6.26. The molecule has 2 unspecified atom stereocenters. The highest BCUT2D eigenvalue weighted by atomic mass is 35.5. The second-order valence-corrected chi connectivity index (χ2v) is 10.5. The minimum atomic E-state index is -0.140. The number of fused-ring (bicyclic) bond motifs is 2. The minimum absolute atomic E-state index is 0.0490. The molecule has 0 N–H and O–H groups in total. The molecule has 0 spiro atoms. The number of allylic oxidation sites excluding steroid dienone is 1. The van der Waals surface area contributed by atoms with Gasteiger partial charge in [0.1, 0.15) is 0 Å². The number of nitrogens with zero attached hydrogens (tertiary/aromatic N) is 2. The van der Waals surface area contributed by atoms with E-state index < -0.39 is 0 Å². The molecular weight excluding hydrogens is 452 g/mol. The van der Waals surface area contributed by atoms with Crippen LogP contribution in [-0.4, -0.2) is 29.8 Å². The molecule has 2 aromatic rings. The van der Waals surface area contributed by atoms with Crippen LogP contribution < -0.4 is 4.90 Å². The highest BCUT2D eigenvalue weighted by molar-refractivity contribution is 6.30. The number of Topliss-reactive ketones (excluding diaryl/α,β-unsaturated/α-hetero) is 1. The molecule has 0 fully saturated rings. The Morgan fingerprint density at radius 2 is 1.94 bits per heavy atom. The van der Waals surface area contributed by atoms with Crippen LogP contribution in [0.25, 0.3) is 0 Å². The Labute approximate surface area is 215 Å². The lowest BCUT2D eigenvalue weighted by Gasteiger charge is -2.32. The number of carbonyl (C=O) groups excluding carboxylic acids is 1. The van der Waals surface area contributed by atoms with Crippen molar-refractivity contribution in [3.05, 3.63) is 101 Å². The molecule has 2 atom stereocenters. The highest BCUT2D eigenvalue weighted by Gasteiger charge is 2.38. The van der Waals surface area contributed by atoms with E-state index >= 15 is 0 Å². The van der Waals surface area contributed by atoms with E-state index in [1.807, 2.05) is 25.1 Å². The van der Waals surface area contributed by atoms with Crippen molar-refractivity contribution in [2.24, 2.45) is 5.92 Å². The quantitative estimate of drug-likeness (QED) is 0.338. The van der Waals surface area contributed by atoms with Gasteiger partial charge in [0.15, 0.2) is 5.78 Å². The van der Waals surface area contributed by atoms with Crippen molar-refractivity contribution in [1.29, 1.82) is 0 Å². The number of rotatable bonds is 10. The molecule has 184 valence electrons. The van der Waals surface area contributed by atoms with E-state index in [1.165, 1.54) is 16.7 Å². The largest absolute Gasteiger partial charge is 0.367 e. The van der Waals surface area contributed by atoms with Gasteiger partial charge in [0.2, 0.25) is 0 Å². The first kappa shape index (κ1) is 25.3. The Bertz CT molecular complexity index is 1150. The highest BCUT2D eigenvalue weighted by Crippen LogP contribution is 2.37. The van der Waals surface area contributed by atoms with E-state index in [2.05, 4.69) is 60.7 Å². The zero-order valence-electron chi connectivity index (χ0n) is 21.2. The third-order valence-corrected chi connectivity index (χ3v) is 7.62. The lowest BCUT2D eigenvalue weighted by Crippen LogP contribution is -2.43. The van der Waals surface area contributed by atoms with Gasteiger partial charge in [-0.05, 0) is 73.1 Å². The smallest absolute Gasteiger partial charge is 0.158 e. The summed E-state index contributed by atoms with van der Waals surface area (Å²) in [4.78, 5) is 18.3. The van der Waals surface area contributed by atoms with Gasteiger partial charge in [0.25, 0.3) is 0 Å². The average molecular weight is 489 g/mol. The van der Waals surface area contributed by atoms with Gasteiger partial charge in [-0.1, -0.05) is 61.5 Å². The average Bonchev–Trinajstić information content (AvgIpc) is 3.18. The summed E-state index contributed by atoms with van der Waals surface area (Å²) in [5.74, 6) is 0.401. The normalized spacial score (nSPS) is 18.5. The van der Waals surface area contributed by atoms with Crippen LogP contribution in [0, 0.1) is 5.92 Å². The molecule has 1 heterocycles. The zero-order valence-corrected chi connectivity index (χ0v) is 21.9. The van der Waals surface area contributed by atoms with Gasteiger partial charge in [-0.25, -0.2) is 0 Å². The van der Waals surface area contributed by atoms with Crippen molar-refractivity contribution in [2.45, 2.75) is 58.5 Å². The van der Waals surface area contributed by atoms with E-state index in [-0.39, 0.29) is 12.0 Å². The first-order chi connectivity index (χ1) is 16.8. The fourth-order valence-corrected chi connectivity index (χ4v) is 5.75.